The molecule has 1 N–H and O–H groups in total. The summed E-state index contributed by atoms with van der Waals surface area (Å²) < 4.78 is 0. The Balaban J connectivity index is 1.65. The van der Waals surface area contributed by atoms with E-state index in [4.69, 9.17) is 0 Å². The number of nitrogens with zero attached hydrogens (tertiary/aromatic N) is 5. The average molecular weight is 491 g/mol. The zero-order chi connectivity index (χ0) is 25.7. The molecular formula is C27H34N6O3. The third-order valence-electron chi connectivity index (χ3n) is 7.19. The van der Waals surface area contributed by atoms with Crippen LogP contribution in [-0.4, -0.2) is 76.0 Å². The fourth-order valence-corrected chi connectivity index (χ4v) is 5.13. The van der Waals surface area contributed by atoms with E-state index >= 15 is 0 Å². The third kappa shape index (κ3) is 5.29. The van der Waals surface area contributed by atoms with Crippen molar-refractivity contribution in [1.82, 2.24) is 25.1 Å². The van der Waals surface area contributed by atoms with Crippen LogP contribution in [0.2, 0.25) is 0 Å². The molecule has 1 aliphatic carbocycles. The van der Waals surface area contributed by atoms with Crippen molar-refractivity contribution in [2.24, 2.45) is 5.92 Å². The molecule has 2 fully saturated rings. The van der Waals surface area contributed by atoms with Gasteiger partial charge in [0.1, 0.15) is 18.8 Å². The molecule has 2 aliphatic heterocycles. The molecule has 0 spiro atoms. The fraction of sp³-hybridized carbons (Fsp3) is 0.481. The lowest BCUT2D eigenvalue weighted by Gasteiger charge is -2.55. The topological polar surface area (TPSA) is 100.0 Å². The van der Waals surface area contributed by atoms with Gasteiger partial charge in [0, 0.05) is 13.1 Å². The molecular weight excluding hydrogens is 456 g/mol. The van der Waals surface area contributed by atoms with Crippen LogP contribution in [0, 0.1) is 17.2 Å². The molecule has 0 saturated carbocycles. The lowest BCUT2D eigenvalue weighted by Crippen LogP contribution is -2.77. The summed E-state index contributed by atoms with van der Waals surface area (Å²) in [6, 6.07) is 10.6. The molecule has 4 rings (SSSR count). The van der Waals surface area contributed by atoms with Crippen molar-refractivity contribution < 1.29 is 14.4 Å². The van der Waals surface area contributed by atoms with E-state index in [0.717, 1.165) is 24.0 Å². The maximum absolute atomic E-state index is 13.7. The molecule has 190 valence electrons. The van der Waals surface area contributed by atoms with Gasteiger partial charge in [0.05, 0.1) is 19.2 Å². The Morgan fingerprint density at radius 2 is 2.03 bits per heavy atom. The third-order valence-corrected chi connectivity index (χ3v) is 7.19. The number of allylic oxidation sites excluding steroid dienone is 3. The highest BCUT2D eigenvalue weighted by atomic mass is 16.2. The molecule has 3 aliphatic rings. The molecule has 0 radical (unpaired) electrons. The van der Waals surface area contributed by atoms with E-state index in [2.05, 4.69) is 17.5 Å². The molecule has 36 heavy (non-hydrogen) atoms. The molecule has 3 atom stereocenters. The van der Waals surface area contributed by atoms with Crippen molar-refractivity contribution in [1.29, 1.82) is 5.26 Å². The number of carbonyl (C=O) groups is 3. The first-order valence-corrected chi connectivity index (χ1v) is 12.6. The highest BCUT2D eigenvalue weighted by molar-refractivity contribution is 5.91. The van der Waals surface area contributed by atoms with Gasteiger partial charge in [-0.25, -0.2) is 9.80 Å². The Bertz CT molecular complexity index is 1080. The molecule has 2 unspecified atom stereocenters. The van der Waals surface area contributed by atoms with Crippen LogP contribution in [0.25, 0.3) is 0 Å². The zero-order valence-electron chi connectivity index (χ0n) is 21.0. The summed E-state index contributed by atoms with van der Waals surface area (Å²) in [5.74, 6) is -0.396. The number of hydrogen-bond donors (Lipinski definition) is 1. The van der Waals surface area contributed by atoms with Gasteiger partial charge in [0.25, 0.3) is 0 Å². The Morgan fingerprint density at radius 3 is 2.69 bits per heavy atom. The SMILES string of the molecule is CCC(C)[C@H]1C(=O)N(CC2=CC=CCC2)CC2N1C(=O)CN(CC#N)N2C(=O)NCc1ccccc1. The summed E-state index contributed by atoms with van der Waals surface area (Å²) >= 11 is 0. The number of rotatable bonds is 7. The second-order valence-corrected chi connectivity index (χ2v) is 9.59. The monoisotopic (exact) mass is 490 g/mol. The number of nitriles is 1. The molecule has 9 heteroatoms. The number of amides is 4. The largest absolute Gasteiger partial charge is 0.334 e. The second-order valence-electron chi connectivity index (χ2n) is 9.59. The van der Waals surface area contributed by atoms with Crippen LogP contribution in [0.4, 0.5) is 4.79 Å². The quantitative estimate of drug-likeness (QED) is 0.593. The first kappa shape index (κ1) is 25.5. The smallest absolute Gasteiger partial charge is 0.333 e. The van der Waals surface area contributed by atoms with Gasteiger partial charge in [0.15, 0.2) is 0 Å². The van der Waals surface area contributed by atoms with E-state index in [0.29, 0.717) is 19.5 Å². The second kappa shape index (κ2) is 11.4. The summed E-state index contributed by atoms with van der Waals surface area (Å²) in [6.45, 7) is 4.72. The summed E-state index contributed by atoms with van der Waals surface area (Å²) in [7, 11) is 0. The summed E-state index contributed by atoms with van der Waals surface area (Å²) in [5.41, 5.74) is 2.09. The van der Waals surface area contributed by atoms with Crippen molar-refractivity contribution in [3.05, 3.63) is 59.7 Å². The predicted octanol–water partition coefficient (Wildman–Crippen LogP) is 2.64. The van der Waals surface area contributed by atoms with Gasteiger partial charge >= 0.3 is 6.03 Å². The van der Waals surface area contributed by atoms with Crippen LogP contribution in [-0.2, 0) is 16.1 Å². The number of hydrogen-bond acceptors (Lipinski definition) is 5. The molecule has 0 aromatic heterocycles. The van der Waals surface area contributed by atoms with Gasteiger partial charge in [-0.05, 0) is 24.3 Å². The number of fused-ring (bicyclic) bond motifs is 1. The molecule has 2 saturated heterocycles. The van der Waals surface area contributed by atoms with E-state index in [1.54, 1.807) is 9.80 Å². The summed E-state index contributed by atoms with van der Waals surface area (Å²) in [5, 5.41) is 15.4. The number of urea groups is 1. The van der Waals surface area contributed by atoms with E-state index in [-0.39, 0.29) is 37.4 Å². The van der Waals surface area contributed by atoms with Gasteiger partial charge in [-0.15, -0.1) is 0 Å². The summed E-state index contributed by atoms with van der Waals surface area (Å²) in [6.07, 6.45) is 7.99. The van der Waals surface area contributed by atoms with Crippen molar-refractivity contribution in [2.75, 3.05) is 26.2 Å². The number of hydrazine groups is 1. The average Bonchev–Trinajstić information content (AvgIpc) is 2.89. The zero-order valence-corrected chi connectivity index (χ0v) is 21.0. The van der Waals surface area contributed by atoms with Crippen molar-refractivity contribution in [3.8, 4) is 6.07 Å². The van der Waals surface area contributed by atoms with Crippen LogP contribution in [0.3, 0.4) is 0 Å². The van der Waals surface area contributed by atoms with Gasteiger partial charge in [-0.2, -0.15) is 10.3 Å². The number of piperazine rings is 1. The number of carbonyl (C=O) groups excluding carboxylic acids is 3. The lowest BCUT2D eigenvalue weighted by atomic mass is 9.92. The minimum Gasteiger partial charge on any atom is -0.333 e. The first-order chi connectivity index (χ1) is 17.4. The van der Waals surface area contributed by atoms with Crippen molar-refractivity contribution in [2.45, 2.75) is 51.9 Å². The fourth-order valence-electron chi connectivity index (χ4n) is 5.13. The van der Waals surface area contributed by atoms with Crippen LogP contribution < -0.4 is 5.32 Å². The van der Waals surface area contributed by atoms with Gasteiger partial charge < -0.3 is 15.1 Å². The lowest BCUT2D eigenvalue weighted by molar-refractivity contribution is -0.191. The van der Waals surface area contributed by atoms with Crippen molar-refractivity contribution in [3.63, 3.8) is 0 Å². The van der Waals surface area contributed by atoms with E-state index in [1.807, 2.05) is 56.3 Å². The molecule has 1 aromatic rings. The highest BCUT2D eigenvalue weighted by Gasteiger charge is 2.52. The minimum absolute atomic E-state index is 0.0799. The van der Waals surface area contributed by atoms with Gasteiger partial charge in [-0.3, -0.25) is 9.59 Å². The number of benzene rings is 1. The van der Waals surface area contributed by atoms with Crippen LogP contribution >= 0.6 is 0 Å². The predicted molar refractivity (Wildman–Crippen MR) is 135 cm³/mol. The maximum atomic E-state index is 13.7. The van der Waals surface area contributed by atoms with Crippen LogP contribution in [0.15, 0.2) is 54.1 Å². The first-order valence-electron chi connectivity index (χ1n) is 12.6. The molecule has 1 aromatic carbocycles. The molecule has 4 amide bonds. The standard InChI is InChI=1S/C27H34N6O3/c1-3-20(2)25-26(35)30(17-22-12-8-5-9-13-22)18-23-32(25)24(34)19-31(15-14-28)33(23)27(36)29-16-21-10-6-4-7-11-21/h4-8,10-12,20,23,25H,3,9,13,15-19H2,1-2H3,(H,29,36)/t20?,23?,25-/m0/s1. The summed E-state index contributed by atoms with van der Waals surface area (Å²) in [4.78, 5) is 44.0. The van der Waals surface area contributed by atoms with Crippen LogP contribution in [0.5, 0.6) is 0 Å². The molecule has 2 heterocycles. The van der Waals surface area contributed by atoms with E-state index in [1.165, 1.54) is 10.0 Å². The van der Waals surface area contributed by atoms with E-state index < -0.39 is 18.2 Å². The van der Waals surface area contributed by atoms with Crippen LogP contribution in [0.1, 0.15) is 38.7 Å². The minimum atomic E-state index is -0.688. The normalized spacial score (nSPS) is 23.1. The Morgan fingerprint density at radius 1 is 1.25 bits per heavy atom. The number of nitrogens with one attached hydrogen (secondary N) is 1. The molecule has 0 bridgehead atoms. The Hall–Kier alpha value is -3.64. The highest BCUT2D eigenvalue weighted by Crippen LogP contribution is 2.31. The van der Waals surface area contributed by atoms with E-state index in [9.17, 15) is 19.6 Å². The van der Waals surface area contributed by atoms with Crippen molar-refractivity contribution >= 4 is 17.8 Å². The maximum Gasteiger partial charge on any atom is 0.334 e. The molecule has 9 nitrogen and oxygen atoms in total. The Kier molecular flexibility index (Phi) is 8.06. The van der Waals surface area contributed by atoms with Gasteiger partial charge in [0.2, 0.25) is 11.8 Å². The van der Waals surface area contributed by atoms with Gasteiger partial charge in [-0.1, -0.05) is 74.4 Å². The Labute approximate surface area is 212 Å².